The van der Waals surface area contributed by atoms with Crippen molar-refractivity contribution >= 4 is 17.6 Å². The summed E-state index contributed by atoms with van der Waals surface area (Å²) >= 11 is 2.08. The molecule has 0 amide bonds. The molecule has 0 aromatic carbocycles. The van der Waals surface area contributed by atoms with Crippen LogP contribution < -0.4 is 5.73 Å². The van der Waals surface area contributed by atoms with Crippen molar-refractivity contribution in [2.75, 3.05) is 44.2 Å². The SMILES string of the molecule is NC(CN1CCN(C2CCSCC2)CC1)=NO. The number of oxime groups is 1. The van der Waals surface area contributed by atoms with Crippen molar-refractivity contribution in [1.82, 2.24) is 9.80 Å². The summed E-state index contributed by atoms with van der Waals surface area (Å²) in [7, 11) is 0. The van der Waals surface area contributed by atoms with Gasteiger partial charge in [-0.25, -0.2) is 0 Å². The second-order valence-corrected chi connectivity index (χ2v) is 5.97. The molecule has 5 nitrogen and oxygen atoms in total. The Morgan fingerprint density at radius 2 is 1.88 bits per heavy atom. The van der Waals surface area contributed by atoms with E-state index in [4.69, 9.17) is 10.9 Å². The smallest absolute Gasteiger partial charge is 0.153 e. The first-order chi connectivity index (χ1) is 8.29. The fourth-order valence-corrected chi connectivity index (χ4v) is 3.68. The molecule has 2 aliphatic rings. The fraction of sp³-hybridized carbons (Fsp3) is 0.909. The summed E-state index contributed by atoms with van der Waals surface area (Å²) in [6.45, 7) is 4.88. The topological polar surface area (TPSA) is 65.1 Å². The molecular weight excluding hydrogens is 236 g/mol. The molecule has 2 saturated heterocycles. The van der Waals surface area contributed by atoms with Crippen LogP contribution in [0.25, 0.3) is 0 Å². The second kappa shape index (κ2) is 6.47. The Kier molecular flexibility index (Phi) is 4.94. The van der Waals surface area contributed by atoms with Gasteiger partial charge in [0.2, 0.25) is 0 Å². The van der Waals surface area contributed by atoms with Gasteiger partial charge in [-0.3, -0.25) is 9.80 Å². The number of hydrogen-bond donors (Lipinski definition) is 2. The molecule has 98 valence electrons. The second-order valence-electron chi connectivity index (χ2n) is 4.75. The predicted octanol–water partition coefficient (Wildman–Crippen LogP) is 0.246. The number of thioether (sulfide) groups is 1. The molecule has 17 heavy (non-hydrogen) atoms. The Morgan fingerprint density at radius 1 is 1.24 bits per heavy atom. The van der Waals surface area contributed by atoms with Gasteiger partial charge in [-0.05, 0) is 24.3 Å². The quantitative estimate of drug-likeness (QED) is 0.329. The maximum atomic E-state index is 8.54. The maximum Gasteiger partial charge on any atom is 0.153 e. The Balaban J connectivity index is 1.73. The van der Waals surface area contributed by atoms with Crippen LogP contribution in [0.4, 0.5) is 0 Å². The average Bonchev–Trinajstić information content (AvgIpc) is 2.40. The molecule has 2 fully saturated rings. The summed E-state index contributed by atoms with van der Waals surface area (Å²) in [5, 5.41) is 11.6. The van der Waals surface area contributed by atoms with E-state index in [0.717, 1.165) is 32.2 Å². The van der Waals surface area contributed by atoms with Crippen molar-refractivity contribution in [2.24, 2.45) is 10.9 Å². The van der Waals surface area contributed by atoms with E-state index in [0.29, 0.717) is 12.4 Å². The Bertz CT molecular complexity index is 260. The molecule has 0 saturated carbocycles. The zero-order chi connectivity index (χ0) is 12.1. The van der Waals surface area contributed by atoms with E-state index in [-0.39, 0.29) is 0 Å². The van der Waals surface area contributed by atoms with Crippen LogP contribution in [-0.4, -0.2) is 71.1 Å². The van der Waals surface area contributed by atoms with Crippen LogP contribution in [0, 0.1) is 0 Å². The molecular formula is C11H22N4OS. The molecule has 0 radical (unpaired) electrons. The first-order valence-electron chi connectivity index (χ1n) is 6.30. The minimum absolute atomic E-state index is 0.313. The lowest BCUT2D eigenvalue weighted by atomic mass is 10.1. The molecule has 0 aliphatic carbocycles. The number of nitrogens with zero attached hydrogens (tertiary/aromatic N) is 3. The van der Waals surface area contributed by atoms with E-state index >= 15 is 0 Å². The third kappa shape index (κ3) is 3.76. The molecule has 0 aromatic heterocycles. The molecule has 6 heteroatoms. The van der Waals surface area contributed by atoms with E-state index in [1.165, 1.54) is 24.3 Å². The highest BCUT2D eigenvalue weighted by molar-refractivity contribution is 7.99. The van der Waals surface area contributed by atoms with Crippen molar-refractivity contribution in [1.29, 1.82) is 0 Å². The molecule has 2 rings (SSSR count). The highest BCUT2D eigenvalue weighted by Crippen LogP contribution is 2.22. The van der Waals surface area contributed by atoms with Gasteiger partial charge in [0.05, 0.1) is 6.54 Å². The van der Waals surface area contributed by atoms with Gasteiger partial charge >= 0.3 is 0 Å². The molecule has 0 atom stereocenters. The predicted molar refractivity (Wildman–Crippen MR) is 71.8 cm³/mol. The fourth-order valence-electron chi connectivity index (χ4n) is 2.60. The number of amidine groups is 1. The zero-order valence-electron chi connectivity index (χ0n) is 10.2. The molecule has 2 aliphatic heterocycles. The molecule has 3 N–H and O–H groups in total. The summed E-state index contributed by atoms with van der Waals surface area (Å²) in [5.41, 5.74) is 5.52. The van der Waals surface area contributed by atoms with Crippen LogP contribution in [0.2, 0.25) is 0 Å². The monoisotopic (exact) mass is 258 g/mol. The van der Waals surface area contributed by atoms with Crippen molar-refractivity contribution in [3.63, 3.8) is 0 Å². The summed E-state index contributed by atoms with van der Waals surface area (Å²) < 4.78 is 0. The first-order valence-corrected chi connectivity index (χ1v) is 7.45. The van der Waals surface area contributed by atoms with Crippen LogP contribution in [-0.2, 0) is 0 Å². The van der Waals surface area contributed by atoms with E-state index in [9.17, 15) is 0 Å². The normalized spacial score (nSPS) is 26.2. The van der Waals surface area contributed by atoms with Gasteiger partial charge in [-0.15, -0.1) is 0 Å². The zero-order valence-corrected chi connectivity index (χ0v) is 11.0. The summed E-state index contributed by atoms with van der Waals surface area (Å²) in [5.74, 6) is 2.94. The largest absolute Gasteiger partial charge is 0.409 e. The molecule has 0 unspecified atom stereocenters. The first kappa shape index (κ1) is 13.0. The summed E-state index contributed by atoms with van der Waals surface area (Å²) in [4.78, 5) is 4.87. The van der Waals surface area contributed by atoms with Gasteiger partial charge in [-0.1, -0.05) is 5.16 Å². The van der Waals surface area contributed by atoms with Crippen molar-refractivity contribution in [2.45, 2.75) is 18.9 Å². The van der Waals surface area contributed by atoms with E-state index in [1.807, 2.05) is 0 Å². The molecule has 2 heterocycles. The van der Waals surface area contributed by atoms with Crippen LogP contribution in [0.15, 0.2) is 5.16 Å². The van der Waals surface area contributed by atoms with Gasteiger partial charge in [0, 0.05) is 32.2 Å². The number of nitrogens with two attached hydrogens (primary N) is 1. The number of hydrogen-bond acceptors (Lipinski definition) is 5. The van der Waals surface area contributed by atoms with E-state index < -0.39 is 0 Å². The lowest BCUT2D eigenvalue weighted by Gasteiger charge is -2.40. The average molecular weight is 258 g/mol. The lowest BCUT2D eigenvalue weighted by molar-refractivity contribution is 0.100. The van der Waals surface area contributed by atoms with Crippen molar-refractivity contribution in [3.8, 4) is 0 Å². The van der Waals surface area contributed by atoms with Gasteiger partial charge in [0.15, 0.2) is 5.84 Å². The highest BCUT2D eigenvalue weighted by atomic mass is 32.2. The summed E-state index contributed by atoms with van der Waals surface area (Å²) in [6.07, 6.45) is 2.68. The Labute approximate surface area is 107 Å². The molecule has 0 aromatic rings. The van der Waals surface area contributed by atoms with Gasteiger partial charge in [0.25, 0.3) is 0 Å². The molecule has 0 spiro atoms. The van der Waals surface area contributed by atoms with Crippen molar-refractivity contribution in [3.05, 3.63) is 0 Å². The van der Waals surface area contributed by atoms with Gasteiger partial charge < -0.3 is 10.9 Å². The standard InChI is InChI=1S/C11H22N4OS/c12-11(13-16)9-14-3-5-15(6-4-14)10-1-7-17-8-2-10/h10,16H,1-9H2,(H2,12,13). The lowest BCUT2D eigenvalue weighted by Crippen LogP contribution is -2.52. The Hall–Kier alpha value is -0.460. The Morgan fingerprint density at radius 3 is 2.47 bits per heavy atom. The highest BCUT2D eigenvalue weighted by Gasteiger charge is 2.25. The van der Waals surface area contributed by atoms with Gasteiger partial charge in [-0.2, -0.15) is 11.8 Å². The van der Waals surface area contributed by atoms with Gasteiger partial charge in [0.1, 0.15) is 0 Å². The minimum Gasteiger partial charge on any atom is -0.409 e. The van der Waals surface area contributed by atoms with Crippen molar-refractivity contribution < 1.29 is 5.21 Å². The maximum absolute atomic E-state index is 8.54. The molecule has 0 bridgehead atoms. The van der Waals surface area contributed by atoms with Crippen LogP contribution >= 0.6 is 11.8 Å². The minimum atomic E-state index is 0.313. The number of piperazine rings is 1. The summed E-state index contributed by atoms with van der Waals surface area (Å²) in [6, 6.07) is 0.794. The number of rotatable bonds is 3. The van der Waals surface area contributed by atoms with Crippen LogP contribution in [0.1, 0.15) is 12.8 Å². The van der Waals surface area contributed by atoms with Crippen LogP contribution in [0.5, 0.6) is 0 Å². The van der Waals surface area contributed by atoms with E-state index in [2.05, 4.69) is 26.7 Å². The van der Waals surface area contributed by atoms with Crippen LogP contribution in [0.3, 0.4) is 0 Å². The van der Waals surface area contributed by atoms with E-state index in [1.54, 1.807) is 0 Å². The third-order valence-corrected chi connectivity index (χ3v) is 4.68. The third-order valence-electron chi connectivity index (χ3n) is 3.63.